The van der Waals surface area contributed by atoms with Crippen molar-refractivity contribution in [1.82, 2.24) is 9.97 Å². The van der Waals surface area contributed by atoms with Gasteiger partial charge in [0, 0.05) is 22.3 Å². The van der Waals surface area contributed by atoms with Crippen molar-refractivity contribution in [2.45, 2.75) is 23.0 Å². The van der Waals surface area contributed by atoms with Crippen LogP contribution in [-0.2, 0) is 4.18 Å². The Morgan fingerprint density at radius 3 is 2.92 bits per heavy atom. The molecule has 1 unspecified atom stereocenters. The highest BCUT2D eigenvalue weighted by molar-refractivity contribution is 7.98. The van der Waals surface area contributed by atoms with Crippen molar-refractivity contribution in [3.05, 3.63) is 36.2 Å². The molecule has 124 valence electrons. The lowest BCUT2D eigenvalue weighted by Gasteiger charge is -2.21. The van der Waals surface area contributed by atoms with Crippen molar-refractivity contribution in [2.75, 3.05) is 24.7 Å². The lowest BCUT2D eigenvalue weighted by Crippen LogP contribution is -2.21. The highest BCUT2D eigenvalue weighted by Gasteiger charge is 2.16. The van der Waals surface area contributed by atoms with Gasteiger partial charge in [0.2, 0.25) is 0 Å². The first-order valence-corrected chi connectivity index (χ1v) is 9.77. The van der Waals surface area contributed by atoms with E-state index in [2.05, 4.69) is 21.4 Å². The molecule has 1 atom stereocenters. The normalized spacial score (nSPS) is 17.2. The molecule has 2 heterocycles. The van der Waals surface area contributed by atoms with Gasteiger partial charge in [-0.3, -0.25) is 0 Å². The van der Waals surface area contributed by atoms with Crippen LogP contribution in [0.2, 0.25) is 0 Å². The molecule has 7 heteroatoms. The molecule has 24 heavy (non-hydrogen) atoms. The predicted octanol–water partition coefficient (Wildman–Crippen LogP) is 3.98. The Labute approximate surface area is 150 Å². The number of hydrogen-bond acceptors (Lipinski definition) is 7. The molecule has 0 saturated carbocycles. The molecule has 1 aromatic heterocycles. The topological polar surface area (TPSA) is 70.8 Å². The molecular formula is C17H18N4OS2. The number of rotatable bonds is 5. The van der Waals surface area contributed by atoms with Gasteiger partial charge >= 0.3 is 0 Å². The maximum atomic E-state index is 9.31. The largest absolute Gasteiger partial charge is 0.368 e. The van der Waals surface area contributed by atoms with Crippen LogP contribution in [0.4, 0.5) is 5.82 Å². The summed E-state index contributed by atoms with van der Waals surface area (Å²) < 4.78 is 5.42. The Morgan fingerprint density at radius 1 is 1.42 bits per heavy atom. The number of nitriles is 1. The van der Waals surface area contributed by atoms with E-state index in [9.17, 15) is 5.26 Å². The van der Waals surface area contributed by atoms with E-state index in [0.29, 0.717) is 22.5 Å². The van der Waals surface area contributed by atoms with Crippen molar-refractivity contribution in [1.29, 1.82) is 5.26 Å². The molecule has 0 bridgehead atoms. The summed E-state index contributed by atoms with van der Waals surface area (Å²) in [6, 6.07) is 10.1. The number of aromatic nitrogens is 2. The van der Waals surface area contributed by atoms with Crippen LogP contribution in [0, 0.1) is 11.3 Å². The molecule has 1 aromatic carbocycles. The van der Waals surface area contributed by atoms with Gasteiger partial charge in [-0.25, -0.2) is 9.97 Å². The fraction of sp³-hybridized carbons (Fsp3) is 0.353. The third-order valence-electron chi connectivity index (χ3n) is 3.71. The summed E-state index contributed by atoms with van der Waals surface area (Å²) >= 11 is 3.21. The highest BCUT2D eigenvalue weighted by atomic mass is 32.2. The first-order valence-electron chi connectivity index (χ1n) is 7.74. The summed E-state index contributed by atoms with van der Waals surface area (Å²) in [5.74, 6) is 0.684. The summed E-state index contributed by atoms with van der Waals surface area (Å²) in [6.07, 6.45) is 5.87. The standard InChI is InChI=1S/C17H18N4OS2/c1-23-13-6-4-12(5-7-13)17-15(9-18)19-11-16(21-17)20-10-14-3-2-8-22-24-14/h4-7,11,14H,2-3,8,10H2,1H3,(H,20,21). The van der Waals surface area contributed by atoms with Crippen LogP contribution < -0.4 is 5.32 Å². The van der Waals surface area contributed by atoms with Gasteiger partial charge in [-0.2, -0.15) is 5.26 Å². The fourth-order valence-electron chi connectivity index (χ4n) is 2.42. The number of thioether (sulfide) groups is 1. The van der Waals surface area contributed by atoms with E-state index >= 15 is 0 Å². The minimum Gasteiger partial charge on any atom is -0.368 e. The molecule has 1 aliphatic heterocycles. The zero-order chi connectivity index (χ0) is 16.8. The van der Waals surface area contributed by atoms with Gasteiger partial charge in [0.05, 0.1) is 12.8 Å². The molecule has 2 aromatic rings. The SMILES string of the molecule is CSc1ccc(-c2nc(NCC3CCCOS3)cnc2C#N)cc1. The quantitative estimate of drug-likeness (QED) is 0.640. The Morgan fingerprint density at radius 2 is 2.25 bits per heavy atom. The van der Waals surface area contributed by atoms with E-state index in [4.69, 9.17) is 4.18 Å². The summed E-state index contributed by atoms with van der Waals surface area (Å²) in [4.78, 5) is 10.0. The van der Waals surface area contributed by atoms with Crippen molar-refractivity contribution in [2.24, 2.45) is 0 Å². The summed E-state index contributed by atoms with van der Waals surface area (Å²) in [5.41, 5.74) is 1.85. The number of nitrogens with zero attached hydrogens (tertiary/aromatic N) is 3. The van der Waals surface area contributed by atoms with E-state index in [0.717, 1.165) is 31.6 Å². The van der Waals surface area contributed by atoms with Gasteiger partial charge in [-0.1, -0.05) is 12.1 Å². The summed E-state index contributed by atoms with van der Waals surface area (Å²) in [5, 5.41) is 13.0. The Balaban J connectivity index is 1.78. The Bertz CT molecular complexity index is 724. The van der Waals surface area contributed by atoms with E-state index in [-0.39, 0.29) is 0 Å². The summed E-state index contributed by atoms with van der Waals surface area (Å²) in [6.45, 7) is 1.60. The maximum absolute atomic E-state index is 9.31. The van der Waals surface area contributed by atoms with Gasteiger partial charge in [0.25, 0.3) is 0 Å². The van der Waals surface area contributed by atoms with Crippen LogP contribution in [0.15, 0.2) is 35.4 Å². The second kappa shape index (κ2) is 8.38. The minimum absolute atomic E-state index is 0.341. The molecule has 1 saturated heterocycles. The molecule has 0 amide bonds. The molecule has 5 nitrogen and oxygen atoms in total. The first kappa shape index (κ1) is 17.1. The van der Waals surface area contributed by atoms with Crippen LogP contribution in [-0.4, -0.2) is 34.6 Å². The first-order chi connectivity index (χ1) is 11.8. The Hall–Kier alpha value is -1.75. The number of anilines is 1. The molecular weight excluding hydrogens is 340 g/mol. The van der Waals surface area contributed by atoms with Crippen LogP contribution in [0.25, 0.3) is 11.3 Å². The molecule has 1 aliphatic rings. The average molecular weight is 358 g/mol. The van der Waals surface area contributed by atoms with Gasteiger partial charge in [-0.05, 0) is 43.3 Å². The molecule has 1 fully saturated rings. The van der Waals surface area contributed by atoms with Crippen LogP contribution >= 0.6 is 23.8 Å². The van der Waals surface area contributed by atoms with Crippen molar-refractivity contribution in [3.63, 3.8) is 0 Å². The average Bonchev–Trinajstić information content (AvgIpc) is 2.67. The van der Waals surface area contributed by atoms with Gasteiger partial charge in [-0.15, -0.1) is 11.8 Å². The third kappa shape index (κ3) is 4.20. The second-order valence-corrected chi connectivity index (χ2v) is 7.33. The second-order valence-electron chi connectivity index (χ2n) is 5.36. The molecule has 1 N–H and O–H groups in total. The van der Waals surface area contributed by atoms with E-state index in [1.54, 1.807) is 18.0 Å². The highest BCUT2D eigenvalue weighted by Crippen LogP contribution is 2.26. The van der Waals surface area contributed by atoms with Crippen LogP contribution in [0.5, 0.6) is 0 Å². The van der Waals surface area contributed by atoms with Crippen molar-refractivity contribution in [3.8, 4) is 17.3 Å². The Kier molecular flexibility index (Phi) is 5.96. The molecule has 3 rings (SSSR count). The zero-order valence-corrected chi connectivity index (χ0v) is 15.0. The van der Waals surface area contributed by atoms with Gasteiger partial charge in [0.1, 0.15) is 17.6 Å². The smallest absolute Gasteiger partial charge is 0.166 e. The lowest BCUT2D eigenvalue weighted by molar-refractivity contribution is 0.332. The van der Waals surface area contributed by atoms with Crippen molar-refractivity contribution >= 4 is 29.6 Å². The molecule has 0 spiro atoms. The maximum Gasteiger partial charge on any atom is 0.166 e. The predicted molar refractivity (Wildman–Crippen MR) is 99.0 cm³/mol. The van der Waals surface area contributed by atoms with E-state index in [1.807, 2.05) is 30.5 Å². The van der Waals surface area contributed by atoms with E-state index in [1.165, 1.54) is 16.9 Å². The van der Waals surface area contributed by atoms with Crippen molar-refractivity contribution < 1.29 is 4.18 Å². The van der Waals surface area contributed by atoms with Crippen LogP contribution in [0.1, 0.15) is 18.5 Å². The number of benzene rings is 1. The minimum atomic E-state index is 0.341. The fourth-order valence-corrected chi connectivity index (χ4v) is 3.65. The molecule has 0 radical (unpaired) electrons. The number of hydrogen-bond donors (Lipinski definition) is 1. The number of nitrogens with one attached hydrogen (secondary N) is 1. The third-order valence-corrected chi connectivity index (χ3v) is 5.43. The zero-order valence-electron chi connectivity index (χ0n) is 13.4. The van der Waals surface area contributed by atoms with Crippen LogP contribution in [0.3, 0.4) is 0 Å². The van der Waals surface area contributed by atoms with E-state index < -0.39 is 0 Å². The monoisotopic (exact) mass is 358 g/mol. The molecule has 0 aliphatic carbocycles. The van der Waals surface area contributed by atoms with Gasteiger partial charge < -0.3 is 9.50 Å². The summed E-state index contributed by atoms with van der Waals surface area (Å²) in [7, 11) is 0. The lowest BCUT2D eigenvalue weighted by atomic mass is 10.1. The van der Waals surface area contributed by atoms with Gasteiger partial charge in [0.15, 0.2) is 5.69 Å².